The molecule has 3 aromatic heterocycles. The fraction of sp³-hybridized carbons (Fsp3) is 0.450. The first-order valence-corrected chi connectivity index (χ1v) is 9.76. The second kappa shape index (κ2) is 8.43. The number of carbonyl (C=O) groups is 1. The Hall–Kier alpha value is -2.87. The third-order valence-corrected chi connectivity index (χ3v) is 4.98. The third kappa shape index (κ3) is 4.51. The van der Waals surface area contributed by atoms with Gasteiger partial charge in [0.05, 0.1) is 36.0 Å². The van der Waals surface area contributed by atoms with Crippen molar-refractivity contribution >= 4 is 5.78 Å². The summed E-state index contributed by atoms with van der Waals surface area (Å²) < 4.78 is 5.01. The number of oxazole rings is 1. The van der Waals surface area contributed by atoms with Crippen LogP contribution in [0, 0.1) is 0 Å². The van der Waals surface area contributed by atoms with Gasteiger partial charge in [-0.25, -0.2) is 9.97 Å². The van der Waals surface area contributed by atoms with Gasteiger partial charge in [0.2, 0.25) is 5.78 Å². The third-order valence-electron chi connectivity index (χ3n) is 4.98. The Morgan fingerprint density at radius 2 is 2.04 bits per heavy atom. The second-order valence-corrected chi connectivity index (χ2v) is 7.25. The lowest BCUT2D eigenvalue weighted by atomic mass is 10.1. The molecule has 3 aromatic rings. The van der Waals surface area contributed by atoms with Crippen LogP contribution in [-0.2, 0) is 0 Å². The average Bonchev–Trinajstić information content (AvgIpc) is 3.21. The summed E-state index contributed by atoms with van der Waals surface area (Å²) in [6, 6.07) is -0.171. The standard InChI is InChI=1S/C20H24N6O2/c21-14(4-2-1-3-5-18(27)20-22-8-9-28-20)19-25-12-17(26-19)16-11-23-15(10-24-16)13-6-7-13/h8-14H,1-7,21H2,(H,25,26)/t14-/m0/s1. The number of hydrogen-bond acceptors (Lipinski definition) is 7. The van der Waals surface area contributed by atoms with E-state index in [2.05, 4.69) is 24.9 Å². The van der Waals surface area contributed by atoms with Crippen LogP contribution in [0.4, 0.5) is 0 Å². The lowest BCUT2D eigenvalue weighted by Crippen LogP contribution is -2.12. The van der Waals surface area contributed by atoms with E-state index in [-0.39, 0.29) is 17.7 Å². The number of unbranched alkanes of at least 4 members (excludes halogenated alkanes) is 2. The van der Waals surface area contributed by atoms with Crippen molar-refractivity contribution in [3.63, 3.8) is 0 Å². The number of imidazole rings is 1. The van der Waals surface area contributed by atoms with Gasteiger partial charge in [-0.15, -0.1) is 0 Å². The van der Waals surface area contributed by atoms with Crippen LogP contribution in [0.25, 0.3) is 11.4 Å². The highest BCUT2D eigenvalue weighted by molar-refractivity contribution is 5.91. The largest absolute Gasteiger partial charge is 0.442 e. The fourth-order valence-corrected chi connectivity index (χ4v) is 3.15. The van der Waals surface area contributed by atoms with Crippen molar-refractivity contribution in [2.24, 2.45) is 5.73 Å². The molecule has 0 amide bonds. The molecular weight excluding hydrogens is 356 g/mol. The molecule has 1 fully saturated rings. The number of aromatic nitrogens is 5. The van der Waals surface area contributed by atoms with E-state index < -0.39 is 0 Å². The molecule has 8 heteroatoms. The fourth-order valence-electron chi connectivity index (χ4n) is 3.15. The molecule has 1 aliphatic carbocycles. The van der Waals surface area contributed by atoms with Crippen LogP contribution >= 0.6 is 0 Å². The molecule has 3 N–H and O–H groups in total. The Kier molecular flexibility index (Phi) is 5.57. The van der Waals surface area contributed by atoms with E-state index in [1.165, 1.54) is 25.3 Å². The highest BCUT2D eigenvalue weighted by Crippen LogP contribution is 2.38. The summed E-state index contributed by atoms with van der Waals surface area (Å²) >= 11 is 0. The van der Waals surface area contributed by atoms with Gasteiger partial charge in [0, 0.05) is 18.5 Å². The first-order chi connectivity index (χ1) is 13.7. The molecule has 0 radical (unpaired) electrons. The summed E-state index contributed by atoms with van der Waals surface area (Å²) in [5, 5.41) is 0. The van der Waals surface area contributed by atoms with Gasteiger partial charge in [-0.2, -0.15) is 0 Å². The van der Waals surface area contributed by atoms with E-state index >= 15 is 0 Å². The van der Waals surface area contributed by atoms with E-state index in [0.717, 1.165) is 48.6 Å². The summed E-state index contributed by atoms with van der Waals surface area (Å²) in [5.41, 5.74) is 8.94. The predicted octanol–water partition coefficient (Wildman–Crippen LogP) is 3.57. The number of Topliss-reactive ketones (excluding diaryl/α,β-unsaturated/α-hetero) is 1. The Morgan fingerprint density at radius 3 is 2.75 bits per heavy atom. The van der Waals surface area contributed by atoms with E-state index in [1.54, 1.807) is 12.4 Å². The molecule has 0 unspecified atom stereocenters. The van der Waals surface area contributed by atoms with Crippen LogP contribution in [0.15, 0.2) is 35.5 Å². The molecule has 1 atom stereocenters. The number of ketones is 1. The lowest BCUT2D eigenvalue weighted by Gasteiger charge is -2.08. The van der Waals surface area contributed by atoms with Gasteiger partial charge in [-0.3, -0.25) is 14.8 Å². The molecule has 1 aliphatic rings. The topological polar surface area (TPSA) is 124 Å². The van der Waals surface area contributed by atoms with E-state index in [1.807, 2.05) is 6.20 Å². The molecule has 28 heavy (non-hydrogen) atoms. The second-order valence-electron chi connectivity index (χ2n) is 7.25. The zero-order valence-electron chi connectivity index (χ0n) is 15.7. The molecular formula is C20H24N6O2. The number of nitrogens with one attached hydrogen (secondary N) is 1. The summed E-state index contributed by atoms with van der Waals surface area (Å²) in [7, 11) is 0. The first kappa shape index (κ1) is 18.5. The summed E-state index contributed by atoms with van der Waals surface area (Å²) in [4.78, 5) is 32.3. The number of rotatable bonds is 10. The number of nitrogens with two attached hydrogens (primary N) is 1. The molecule has 1 saturated carbocycles. The summed E-state index contributed by atoms with van der Waals surface area (Å²) in [6.45, 7) is 0. The van der Waals surface area contributed by atoms with Crippen LogP contribution in [0.5, 0.6) is 0 Å². The molecule has 3 heterocycles. The maximum absolute atomic E-state index is 11.8. The Bertz CT molecular complexity index is 899. The van der Waals surface area contributed by atoms with Crippen molar-refractivity contribution in [2.75, 3.05) is 0 Å². The molecule has 0 bridgehead atoms. The number of H-pyrrole nitrogens is 1. The maximum atomic E-state index is 11.8. The van der Waals surface area contributed by atoms with Gasteiger partial charge < -0.3 is 15.1 Å². The van der Waals surface area contributed by atoms with Gasteiger partial charge in [0.25, 0.3) is 5.89 Å². The van der Waals surface area contributed by atoms with E-state index in [9.17, 15) is 4.79 Å². The van der Waals surface area contributed by atoms with Crippen molar-refractivity contribution in [3.8, 4) is 11.4 Å². The minimum absolute atomic E-state index is 0.0567. The van der Waals surface area contributed by atoms with Crippen molar-refractivity contribution in [2.45, 2.75) is 56.9 Å². The zero-order chi connectivity index (χ0) is 19.3. The van der Waals surface area contributed by atoms with Gasteiger partial charge >= 0.3 is 0 Å². The van der Waals surface area contributed by atoms with Crippen LogP contribution < -0.4 is 5.73 Å². The molecule has 0 saturated heterocycles. The van der Waals surface area contributed by atoms with Crippen LogP contribution in [0.3, 0.4) is 0 Å². The number of hydrogen-bond donors (Lipinski definition) is 2. The van der Waals surface area contributed by atoms with Crippen molar-refractivity contribution in [3.05, 3.63) is 48.5 Å². The van der Waals surface area contributed by atoms with Crippen molar-refractivity contribution < 1.29 is 9.21 Å². The molecule has 8 nitrogen and oxygen atoms in total. The van der Waals surface area contributed by atoms with Gasteiger partial charge in [-0.1, -0.05) is 12.8 Å². The molecule has 4 rings (SSSR count). The number of aromatic amines is 1. The minimum atomic E-state index is -0.171. The van der Waals surface area contributed by atoms with Gasteiger partial charge in [-0.05, 0) is 25.7 Å². The summed E-state index contributed by atoms with van der Waals surface area (Å²) in [6.07, 6.45) is 14.6. The zero-order valence-corrected chi connectivity index (χ0v) is 15.7. The highest BCUT2D eigenvalue weighted by Gasteiger charge is 2.25. The van der Waals surface area contributed by atoms with E-state index in [0.29, 0.717) is 12.3 Å². The van der Waals surface area contributed by atoms with Crippen LogP contribution in [0.2, 0.25) is 0 Å². The van der Waals surface area contributed by atoms with Crippen molar-refractivity contribution in [1.29, 1.82) is 0 Å². The SMILES string of the molecule is N[C@@H](CCCCCC(=O)c1ncco1)c1ncc(-c2cnc(C3CC3)cn2)[nH]1. The average molecular weight is 380 g/mol. The van der Waals surface area contributed by atoms with Gasteiger partial charge in [0.1, 0.15) is 17.8 Å². The van der Waals surface area contributed by atoms with E-state index in [4.69, 9.17) is 10.2 Å². The van der Waals surface area contributed by atoms with Crippen LogP contribution in [-0.4, -0.2) is 30.7 Å². The summed E-state index contributed by atoms with van der Waals surface area (Å²) in [5.74, 6) is 1.48. The Morgan fingerprint density at radius 1 is 1.14 bits per heavy atom. The first-order valence-electron chi connectivity index (χ1n) is 9.76. The van der Waals surface area contributed by atoms with Crippen LogP contribution in [0.1, 0.15) is 79.1 Å². The number of carbonyl (C=O) groups excluding carboxylic acids is 1. The Labute approximate surface area is 163 Å². The molecule has 146 valence electrons. The normalized spacial score (nSPS) is 14.9. The molecule has 0 aromatic carbocycles. The highest BCUT2D eigenvalue weighted by atomic mass is 16.3. The number of nitrogens with zero attached hydrogens (tertiary/aromatic N) is 4. The monoisotopic (exact) mass is 380 g/mol. The van der Waals surface area contributed by atoms with Gasteiger partial charge in [0.15, 0.2) is 0 Å². The molecule has 0 aliphatic heterocycles. The predicted molar refractivity (Wildman–Crippen MR) is 102 cm³/mol. The molecule has 0 spiro atoms. The smallest absolute Gasteiger partial charge is 0.263 e. The van der Waals surface area contributed by atoms with Crippen molar-refractivity contribution in [1.82, 2.24) is 24.9 Å². The lowest BCUT2D eigenvalue weighted by molar-refractivity contribution is 0.0945. The Balaban J connectivity index is 1.21. The quantitative estimate of drug-likeness (QED) is 0.407. The minimum Gasteiger partial charge on any atom is -0.442 e. The maximum Gasteiger partial charge on any atom is 0.263 e.